The molecular weight excluding hydrogens is 540 g/mol. The first-order chi connectivity index (χ1) is 19.9. The van der Waals surface area contributed by atoms with E-state index in [2.05, 4.69) is 14.6 Å². The van der Waals surface area contributed by atoms with Gasteiger partial charge in [0, 0.05) is 49.9 Å². The van der Waals surface area contributed by atoms with Gasteiger partial charge < -0.3 is 14.4 Å². The monoisotopic (exact) mass is 578 g/mol. The number of aromatic nitrogens is 1. The van der Waals surface area contributed by atoms with Crippen LogP contribution in [0.4, 0.5) is 5.69 Å². The van der Waals surface area contributed by atoms with Crippen LogP contribution in [0.1, 0.15) is 42.5 Å². The number of benzene rings is 2. The van der Waals surface area contributed by atoms with Crippen molar-refractivity contribution in [3.8, 4) is 5.75 Å². The minimum atomic E-state index is -3.95. The molecule has 3 aromatic rings. The number of hydrogen-bond acceptors (Lipinski definition) is 7. The fourth-order valence-corrected chi connectivity index (χ4v) is 7.84. The van der Waals surface area contributed by atoms with Gasteiger partial charge in [0.25, 0.3) is 15.9 Å². The Hall–Kier alpha value is -3.21. The van der Waals surface area contributed by atoms with Crippen LogP contribution in [0.2, 0.25) is 0 Å². The van der Waals surface area contributed by atoms with Gasteiger partial charge in [0.2, 0.25) is 0 Å². The SMILES string of the molecule is COc1cc(C(=O)N2CCN(CC3COC(C4CCCC4)C3)CC2)ccc1NS(=O)(=O)c1cccc2cccnc12. The molecule has 6 rings (SSSR count). The number of amides is 1. The average Bonchev–Trinajstić information content (AvgIpc) is 3.70. The van der Waals surface area contributed by atoms with E-state index in [1.807, 2.05) is 17.0 Å². The quantitative estimate of drug-likeness (QED) is 0.423. The molecule has 1 N–H and O–H groups in total. The number of nitrogens with one attached hydrogen (secondary N) is 1. The Kier molecular flexibility index (Phi) is 8.14. The molecule has 2 unspecified atom stereocenters. The number of methoxy groups -OCH3 is 1. The Balaban J connectivity index is 1.07. The summed E-state index contributed by atoms with van der Waals surface area (Å²) in [6.07, 6.45) is 8.50. The Morgan fingerprint density at radius 3 is 2.63 bits per heavy atom. The number of pyridine rings is 1. The highest BCUT2D eigenvalue weighted by molar-refractivity contribution is 7.93. The molecule has 41 heavy (non-hydrogen) atoms. The fraction of sp³-hybridized carbons (Fsp3) is 0.484. The molecule has 2 saturated heterocycles. The second-order valence-corrected chi connectivity index (χ2v) is 13.1. The summed E-state index contributed by atoms with van der Waals surface area (Å²) >= 11 is 0. The fourth-order valence-electron chi connectivity index (χ4n) is 6.59. The van der Waals surface area contributed by atoms with E-state index in [9.17, 15) is 13.2 Å². The first-order valence-corrected chi connectivity index (χ1v) is 16.1. The Morgan fingerprint density at radius 1 is 1.07 bits per heavy atom. The van der Waals surface area contributed by atoms with Crippen LogP contribution in [-0.4, -0.2) is 81.7 Å². The summed E-state index contributed by atoms with van der Waals surface area (Å²) in [4.78, 5) is 22.0. The number of para-hydroxylation sites is 1. The molecule has 3 heterocycles. The highest BCUT2D eigenvalue weighted by Gasteiger charge is 2.34. The lowest BCUT2D eigenvalue weighted by Gasteiger charge is -2.36. The highest BCUT2D eigenvalue weighted by Crippen LogP contribution is 2.36. The van der Waals surface area contributed by atoms with Crippen LogP contribution in [-0.2, 0) is 14.8 Å². The van der Waals surface area contributed by atoms with Crippen LogP contribution in [0.3, 0.4) is 0 Å². The van der Waals surface area contributed by atoms with E-state index in [1.165, 1.54) is 38.9 Å². The molecule has 9 nitrogen and oxygen atoms in total. The van der Waals surface area contributed by atoms with Gasteiger partial charge in [-0.05, 0) is 61.4 Å². The van der Waals surface area contributed by atoms with Crippen LogP contribution >= 0.6 is 0 Å². The van der Waals surface area contributed by atoms with Crippen molar-refractivity contribution < 1.29 is 22.7 Å². The molecule has 1 amide bonds. The number of rotatable bonds is 8. The molecular formula is C31H38N4O5S. The van der Waals surface area contributed by atoms with Gasteiger partial charge in [0.05, 0.1) is 31.0 Å². The molecule has 3 fully saturated rings. The molecule has 1 saturated carbocycles. The number of hydrogen-bond donors (Lipinski definition) is 1. The predicted molar refractivity (Wildman–Crippen MR) is 158 cm³/mol. The number of piperazine rings is 1. The number of sulfonamides is 1. The van der Waals surface area contributed by atoms with Crippen LogP contribution in [0.15, 0.2) is 59.6 Å². The first kappa shape index (κ1) is 27.9. The summed E-state index contributed by atoms with van der Waals surface area (Å²) < 4.78 is 40.9. The van der Waals surface area contributed by atoms with Gasteiger partial charge in [0.1, 0.15) is 10.6 Å². The topological polar surface area (TPSA) is 101 Å². The molecule has 2 aliphatic heterocycles. The highest BCUT2D eigenvalue weighted by atomic mass is 32.2. The zero-order chi connectivity index (χ0) is 28.4. The molecule has 0 bridgehead atoms. The van der Waals surface area contributed by atoms with Crippen LogP contribution in [0.5, 0.6) is 5.75 Å². The van der Waals surface area contributed by atoms with Crippen molar-refractivity contribution >= 4 is 32.5 Å². The Labute approximate surface area is 241 Å². The third-order valence-corrected chi connectivity index (χ3v) is 10.2. The third-order valence-electron chi connectivity index (χ3n) is 8.79. The van der Waals surface area contributed by atoms with Crippen LogP contribution in [0.25, 0.3) is 10.9 Å². The van der Waals surface area contributed by atoms with E-state index in [-0.39, 0.29) is 22.2 Å². The van der Waals surface area contributed by atoms with Crippen molar-refractivity contribution in [1.29, 1.82) is 0 Å². The standard InChI is InChI=1S/C31H38N4O5S/c1-39-28-19-25(11-12-26(28)33-41(37,38)29-10-4-8-24-9-5-13-32-30(24)29)31(36)35-16-14-34(15-17-35)20-22-18-27(40-21-22)23-6-2-3-7-23/h4-5,8-13,19,22-23,27,33H,2-3,6-7,14-18,20-21H2,1H3. The summed E-state index contributed by atoms with van der Waals surface area (Å²) in [5.74, 6) is 1.53. The van der Waals surface area contributed by atoms with E-state index < -0.39 is 10.0 Å². The zero-order valence-electron chi connectivity index (χ0n) is 23.5. The second kappa shape index (κ2) is 12.0. The van der Waals surface area contributed by atoms with Crippen molar-refractivity contribution in [1.82, 2.24) is 14.8 Å². The maximum atomic E-state index is 13.4. The number of anilines is 1. The number of carbonyl (C=O) groups excluding carboxylic acids is 1. The minimum Gasteiger partial charge on any atom is -0.495 e. The van der Waals surface area contributed by atoms with E-state index >= 15 is 0 Å². The van der Waals surface area contributed by atoms with Crippen LogP contribution in [0, 0.1) is 11.8 Å². The van der Waals surface area contributed by atoms with E-state index in [1.54, 1.807) is 36.5 Å². The molecule has 2 aromatic carbocycles. The van der Waals surface area contributed by atoms with Crippen molar-refractivity contribution in [2.24, 2.45) is 11.8 Å². The van der Waals surface area contributed by atoms with Gasteiger partial charge in [-0.1, -0.05) is 31.0 Å². The molecule has 1 aromatic heterocycles. The van der Waals surface area contributed by atoms with Gasteiger partial charge in [-0.25, -0.2) is 8.42 Å². The third kappa shape index (κ3) is 6.05. The number of carbonyl (C=O) groups is 1. The summed E-state index contributed by atoms with van der Waals surface area (Å²) in [6.45, 7) is 4.87. The molecule has 10 heteroatoms. The Bertz CT molecular complexity index is 1490. The van der Waals surface area contributed by atoms with Crippen molar-refractivity contribution in [2.45, 2.75) is 43.1 Å². The first-order valence-electron chi connectivity index (χ1n) is 14.6. The average molecular weight is 579 g/mol. The Morgan fingerprint density at radius 2 is 1.85 bits per heavy atom. The predicted octanol–water partition coefficient (Wildman–Crippen LogP) is 4.40. The van der Waals surface area contributed by atoms with Crippen molar-refractivity contribution in [3.05, 3.63) is 60.3 Å². The molecule has 1 aliphatic carbocycles. The number of ether oxygens (including phenoxy) is 2. The zero-order valence-corrected chi connectivity index (χ0v) is 24.3. The van der Waals surface area contributed by atoms with E-state index in [0.717, 1.165) is 44.0 Å². The number of fused-ring (bicyclic) bond motifs is 1. The lowest BCUT2D eigenvalue weighted by Crippen LogP contribution is -2.49. The second-order valence-electron chi connectivity index (χ2n) is 11.5. The van der Waals surface area contributed by atoms with Gasteiger partial charge in [-0.3, -0.25) is 19.4 Å². The summed E-state index contributed by atoms with van der Waals surface area (Å²) in [5, 5.41) is 0.730. The molecule has 0 spiro atoms. The van der Waals surface area contributed by atoms with Gasteiger partial charge in [0.15, 0.2) is 0 Å². The van der Waals surface area contributed by atoms with Gasteiger partial charge >= 0.3 is 0 Å². The van der Waals surface area contributed by atoms with Gasteiger partial charge in [-0.2, -0.15) is 0 Å². The summed E-state index contributed by atoms with van der Waals surface area (Å²) in [5.41, 5.74) is 1.12. The summed E-state index contributed by atoms with van der Waals surface area (Å²) in [7, 11) is -2.49. The normalized spacial score (nSPS) is 22.3. The van der Waals surface area contributed by atoms with E-state index in [0.29, 0.717) is 36.2 Å². The largest absolute Gasteiger partial charge is 0.495 e. The maximum Gasteiger partial charge on any atom is 0.264 e. The molecule has 218 valence electrons. The van der Waals surface area contributed by atoms with Crippen LogP contribution < -0.4 is 9.46 Å². The molecule has 3 aliphatic rings. The molecule has 2 atom stereocenters. The van der Waals surface area contributed by atoms with E-state index in [4.69, 9.17) is 9.47 Å². The lowest BCUT2D eigenvalue weighted by molar-refractivity contribution is 0.0558. The van der Waals surface area contributed by atoms with Crippen molar-refractivity contribution in [3.63, 3.8) is 0 Å². The molecule has 0 radical (unpaired) electrons. The van der Waals surface area contributed by atoms with Gasteiger partial charge in [-0.15, -0.1) is 0 Å². The maximum absolute atomic E-state index is 13.4. The smallest absolute Gasteiger partial charge is 0.264 e. The summed E-state index contributed by atoms with van der Waals surface area (Å²) in [6, 6.07) is 13.4. The lowest BCUT2D eigenvalue weighted by atomic mass is 9.94. The minimum absolute atomic E-state index is 0.0777. The number of nitrogens with zero attached hydrogens (tertiary/aromatic N) is 3. The van der Waals surface area contributed by atoms with Crippen molar-refractivity contribution in [2.75, 3.05) is 51.2 Å².